The van der Waals surface area contributed by atoms with E-state index in [9.17, 15) is 9.59 Å². The van der Waals surface area contributed by atoms with Crippen LogP contribution in [0.25, 0.3) is 0 Å². The molecule has 122 valence electrons. The van der Waals surface area contributed by atoms with Gasteiger partial charge in [-0.25, -0.2) is 0 Å². The molecule has 0 aliphatic heterocycles. The summed E-state index contributed by atoms with van der Waals surface area (Å²) >= 11 is 3.35. The third-order valence-electron chi connectivity index (χ3n) is 3.03. The van der Waals surface area contributed by atoms with E-state index in [1.807, 2.05) is 24.3 Å². The second-order valence-electron chi connectivity index (χ2n) is 4.88. The number of hydrogen-bond donors (Lipinski definition) is 1. The number of furan rings is 1. The molecule has 6 nitrogen and oxygen atoms in total. The van der Waals surface area contributed by atoms with E-state index < -0.39 is 18.4 Å². The summed E-state index contributed by atoms with van der Waals surface area (Å²) in [5, 5.41) is 9.05. The highest BCUT2D eigenvalue weighted by Gasteiger charge is 2.22. The van der Waals surface area contributed by atoms with Crippen LogP contribution >= 0.6 is 15.9 Å². The van der Waals surface area contributed by atoms with Crippen molar-refractivity contribution < 1.29 is 23.8 Å². The van der Waals surface area contributed by atoms with Crippen LogP contribution in [0.5, 0.6) is 0 Å². The number of hydrogen-bond acceptors (Lipinski definition) is 4. The molecule has 0 saturated heterocycles. The SMILES string of the molecule is COCc1ccc(C(=O)N(CC(=O)O)Cc2cccc(Br)c2)o1. The van der Waals surface area contributed by atoms with Crippen LogP contribution in [0.3, 0.4) is 0 Å². The molecular formula is C16H16BrNO5. The molecule has 7 heteroatoms. The van der Waals surface area contributed by atoms with E-state index in [4.69, 9.17) is 14.3 Å². The van der Waals surface area contributed by atoms with Crippen molar-refractivity contribution in [2.24, 2.45) is 0 Å². The summed E-state index contributed by atoms with van der Waals surface area (Å²) in [7, 11) is 1.52. The lowest BCUT2D eigenvalue weighted by Gasteiger charge is -2.19. The summed E-state index contributed by atoms with van der Waals surface area (Å²) in [4.78, 5) is 24.8. The number of carboxylic acid groups (broad SMARTS) is 1. The zero-order valence-corrected chi connectivity index (χ0v) is 14.1. The Bertz CT molecular complexity index is 697. The lowest BCUT2D eigenvalue weighted by molar-refractivity contribution is -0.137. The van der Waals surface area contributed by atoms with Gasteiger partial charge in [-0.05, 0) is 29.8 Å². The second kappa shape index (κ2) is 7.94. The highest BCUT2D eigenvalue weighted by atomic mass is 79.9. The minimum atomic E-state index is -1.09. The van der Waals surface area contributed by atoms with Gasteiger partial charge in [0.2, 0.25) is 0 Å². The molecule has 1 N–H and O–H groups in total. The van der Waals surface area contributed by atoms with Gasteiger partial charge in [-0.1, -0.05) is 28.1 Å². The van der Waals surface area contributed by atoms with Crippen molar-refractivity contribution in [2.45, 2.75) is 13.2 Å². The lowest BCUT2D eigenvalue weighted by atomic mass is 10.2. The zero-order chi connectivity index (χ0) is 16.8. The number of rotatable bonds is 7. The van der Waals surface area contributed by atoms with Crippen LogP contribution in [-0.4, -0.2) is 35.5 Å². The Balaban J connectivity index is 2.19. The molecule has 0 radical (unpaired) electrons. The Kier molecular flexibility index (Phi) is 5.95. The number of benzene rings is 1. The molecule has 1 amide bonds. The van der Waals surface area contributed by atoms with Crippen LogP contribution in [0.4, 0.5) is 0 Å². The number of carbonyl (C=O) groups excluding carboxylic acids is 1. The van der Waals surface area contributed by atoms with Gasteiger partial charge in [0.05, 0.1) is 0 Å². The third kappa shape index (κ3) is 4.94. The quantitative estimate of drug-likeness (QED) is 0.797. The van der Waals surface area contributed by atoms with E-state index in [1.54, 1.807) is 6.07 Å². The zero-order valence-electron chi connectivity index (χ0n) is 12.5. The molecule has 2 rings (SSSR count). The summed E-state index contributed by atoms with van der Waals surface area (Å²) in [5.41, 5.74) is 0.817. The second-order valence-corrected chi connectivity index (χ2v) is 5.80. The summed E-state index contributed by atoms with van der Waals surface area (Å²) in [6, 6.07) is 10.5. The highest BCUT2D eigenvalue weighted by molar-refractivity contribution is 9.10. The van der Waals surface area contributed by atoms with Gasteiger partial charge in [0.25, 0.3) is 5.91 Å². The van der Waals surface area contributed by atoms with E-state index in [2.05, 4.69) is 15.9 Å². The van der Waals surface area contributed by atoms with E-state index in [1.165, 1.54) is 18.1 Å². The highest BCUT2D eigenvalue weighted by Crippen LogP contribution is 2.16. The molecule has 0 saturated carbocycles. The van der Waals surface area contributed by atoms with Crippen LogP contribution in [0, 0.1) is 0 Å². The molecule has 1 aromatic carbocycles. The molecule has 0 unspecified atom stereocenters. The number of nitrogens with zero attached hydrogens (tertiary/aromatic N) is 1. The number of ether oxygens (including phenoxy) is 1. The molecule has 0 bridgehead atoms. The maximum Gasteiger partial charge on any atom is 0.323 e. The first-order chi connectivity index (χ1) is 11.0. The Hall–Kier alpha value is -2.12. The van der Waals surface area contributed by atoms with Crippen LogP contribution < -0.4 is 0 Å². The molecule has 23 heavy (non-hydrogen) atoms. The number of methoxy groups -OCH3 is 1. The Morgan fingerprint density at radius 1 is 1.30 bits per heavy atom. The topological polar surface area (TPSA) is 80.0 Å². The number of carbonyl (C=O) groups is 2. The molecule has 0 aliphatic rings. The number of aliphatic carboxylic acids is 1. The molecule has 2 aromatic rings. The minimum Gasteiger partial charge on any atom is -0.480 e. The van der Waals surface area contributed by atoms with Gasteiger partial charge < -0.3 is 19.2 Å². The fraction of sp³-hybridized carbons (Fsp3) is 0.250. The molecule has 1 heterocycles. The maximum atomic E-state index is 12.5. The average molecular weight is 382 g/mol. The monoisotopic (exact) mass is 381 g/mol. The van der Waals surface area contributed by atoms with Crippen molar-refractivity contribution in [3.05, 3.63) is 58.0 Å². The van der Waals surface area contributed by atoms with Crippen molar-refractivity contribution in [1.29, 1.82) is 0 Å². The fourth-order valence-electron chi connectivity index (χ4n) is 2.09. The first-order valence-corrected chi connectivity index (χ1v) is 7.62. The number of halogens is 1. The van der Waals surface area contributed by atoms with Crippen LogP contribution in [0.1, 0.15) is 21.9 Å². The summed E-state index contributed by atoms with van der Waals surface area (Å²) in [6.45, 7) is 0.00832. The number of amides is 1. The van der Waals surface area contributed by atoms with Gasteiger partial charge in [-0.3, -0.25) is 9.59 Å². The Morgan fingerprint density at radius 3 is 2.74 bits per heavy atom. The predicted octanol–water partition coefficient (Wildman–Crippen LogP) is 2.92. The van der Waals surface area contributed by atoms with Gasteiger partial charge in [-0.15, -0.1) is 0 Å². The van der Waals surface area contributed by atoms with Crippen molar-refractivity contribution in [1.82, 2.24) is 4.90 Å². The average Bonchev–Trinajstić information content (AvgIpc) is 2.94. The summed E-state index contributed by atoms with van der Waals surface area (Å²) < 4.78 is 11.2. The van der Waals surface area contributed by atoms with Crippen molar-refractivity contribution in [3.8, 4) is 0 Å². The van der Waals surface area contributed by atoms with Gasteiger partial charge in [0.1, 0.15) is 18.9 Å². The maximum absolute atomic E-state index is 12.5. The first-order valence-electron chi connectivity index (χ1n) is 6.82. The standard InChI is InChI=1S/C16H16BrNO5/c1-22-10-13-5-6-14(23-13)16(21)18(9-15(19)20)8-11-3-2-4-12(17)7-11/h2-7H,8-10H2,1H3,(H,19,20). The Morgan fingerprint density at radius 2 is 2.09 bits per heavy atom. The van der Waals surface area contributed by atoms with Crippen LogP contribution in [0.15, 0.2) is 45.3 Å². The van der Waals surface area contributed by atoms with E-state index in [0.29, 0.717) is 5.76 Å². The first kappa shape index (κ1) is 17.2. The van der Waals surface area contributed by atoms with Crippen molar-refractivity contribution in [3.63, 3.8) is 0 Å². The normalized spacial score (nSPS) is 10.5. The molecule has 0 fully saturated rings. The van der Waals surface area contributed by atoms with E-state index in [0.717, 1.165) is 10.0 Å². The molecular weight excluding hydrogens is 366 g/mol. The number of carboxylic acids is 1. The predicted molar refractivity (Wildman–Crippen MR) is 85.9 cm³/mol. The van der Waals surface area contributed by atoms with Gasteiger partial charge in [-0.2, -0.15) is 0 Å². The fourth-order valence-corrected chi connectivity index (χ4v) is 2.53. The third-order valence-corrected chi connectivity index (χ3v) is 3.53. The molecule has 0 spiro atoms. The summed E-state index contributed by atoms with van der Waals surface area (Å²) in [5.74, 6) is -0.964. The largest absolute Gasteiger partial charge is 0.480 e. The summed E-state index contributed by atoms with van der Waals surface area (Å²) in [6.07, 6.45) is 0. The van der Waals surface area contributed by atoms with E-state index >= 15 is 0 Å². The minimum absolute atomic E-state index is 0.0910. The van der Waals surface area contributed by atoms with Gasteiger partial charge in [0.15, 0.2) is 5.76 Å². The smallest absolute Gasteiger partial charge is 0.323 e. The van der Waals surface area contributed by atoms with Gasteiger partial charge >= 0.3 is 5.97 Å². The molecule has 1 aromatic heterocycles. The molecule has 0 atom stereocenters. The molecule has 0 aliphatic carbocycles. The van der Waals surface area contributed by atoms with Crippen LogP contribution in [-0.2, 0) is 22.7 Å². The van der Waals surface area contributed by atoms with Gasteiger partial charge in [0, 0.05) is 18.1 Å². The van der Waals surface area contributed by atoms with Crippen molar-refractivity contribution >= 4 is 27.8 Å². The van der Waals surface area contributed by atoms with E-state index in [-0.39, 0.29) is 18.9 Å². The lowest BCUT2D eigenvalue weighted by Crippen LogP contribution is -2.35. The van der Waals surface area contributed by atoms with Crippen molar-refractivity contribution in [2.75, 3.05) is 13.7 Å². The Labute approximate surface area is 141 Å². The van der Waals surface area contributed by atoms with Crippen LogP contribution in [0.2, 0.25) is 0 Å².